The number of hydrogen-bond acceptors (Lipinski definition) is 5. The van der Waals surface area contributed by atoms with Gasteiger partial charge in [-0.3, -0.25) is 0 Å². The summed E-state index contributed by atoms with van der Waals surface area (Å²) in [5.41, 5.74) is 11.9. The number of allylic oxidation sites excluding steroid dienone is 1. The van der Waals surface area contributed by atoms with E-state index in [4.69, 9.17) is 8.83 Å². The van der Waals surface area contributed by atoms with Crippen LogP contribution in [0, 0.1) is 34.0 Å². The lowest BCUT2D eigenvalue weighted by atomic mass is 9.93. The van der Waals surface area contributed by atoms with Gasteiger partial charge in [0.15, 0.2) is 0 Å². The maximum Gasteiger partial charge on any atom is 0.137 e. The minimum absolute atomic E-state index is 0.229. The lowest BCUT2D eigenvalue weighted by Gasteiger charge is -2.19. The molecule has 11 aromatic rings. The molecule has 0 saturated carbocycles. The molecule has 4 aromatic heterocycles. The summed E-state index contributed by atoms with van der Waals surface area (Å²) in [6.07, 6.45) is 6.20. The van der Waals surface area contributed by atoms with E-state index in [1.807, 2.05) is 78.9 Å². The van der Waals surface area contributed by atoms with E-state index in [-0.39, 0.29) is 11.1 Å². The Morgan fingerprint density at radius 1 is 0.483 bits per heavy atom. The molecule has 0 spiro atoms. The number of nitrogens with zero attached hydrogens (tertiary/aromatic N) is 5. The highest BCUT2D eigenvalue weighted by Gasteiger charge is 2.26. The predicted octanol–water partition coefficient (Wildman–Crippen LogP) is 12.8. The fraction of sp³-hybridized carbons (Fsp3) is 0.0392. The van der Waals surface area contributed by atoms with Gasteiger partial charge in [-0.1, -0.05) is 78.9 Å². The van der Waals surface area contributed by atoms with E-state index in [1.165, 1.54) is 11.3 Å². The van der Waals surface area contributed by atoms with Crippen LogP contribution in [0.3, 0.4) is 0 Å². The van der Waals surface area contributed by atoms with E-state index in [9.17, 15) is 15.8 Å². The van der Waals surface area contributed by atoms with Crippen molar-refractivity contribution < 1.29 is 8.83 Å². The van der Waals surface area contributed by atoms with E-state index in [1.54, 1.807) is 6.07 Å². The zero-order chi connectivity index (χ0) is 38.6. The van der Waals surface area contributed by atoms with Crippen LogP contribution in [0.5, 0.6) is 0 Å². The highest BCUT2D eigenvalue weighted by atomic mass is 16.3. The molecule has 268 valence electrons. The Kier molecular flexibility index (Phi) is 6.53. The maximum atomic E-state index is 10.9. The molecule has 0 aliphatic heterocycles. The largest absolute Gasteiger partial charge is 0.456 e. The number of benzene rings is 7. The van der Waals surface area contributed by atoms with Gasteiger partial charge >= 0.3 is 0 Å². The molecule has 7 nitrogen and oxygen atoms in total. The molecule has 0 N–H and O–H groups in total. The molecular formula is C51H27N5O2. The van der Waals surface area contributed by atoms with Crippen LogP contribution in [-0.2, 0) is 6.42 Å². The first-order valence-electron chi connectivity index (χ1n) is 19.2. The molecule has 4 heterocycles. The Hall–Kier alpha value is -8.31. The second-order valence-electron chi connectivity index (χ2n) is 14.9. The van der Waals surface area contributed by atoms with Gasteiger partial charge in [0.05, 0.1) is 45.0 Å². The number of aromatic nitrogens is 2. The van der Waals surface area contributed by atoms with Gasteiger partial charge in [-0.25, -0.2) is 0 Å². The van der Waals surface area contributed by atoms with Gasteiger partial charge in [0.25, 0.3) is 0 Å². The van der Waals surface area contributed by atoms with Crippen LogP contribution in [-0.4, -0.2) is 9.13 Å². The molecule has 0 bridgehead atoms. The van der Waals surface area contributed by atoms with Crippen molar-refractivity contribution >= 4 is 82.7 Å². The van der Waals surface area contributed by atoms with Crippen LogP contribution in [0.4, 0.5) is 0 Å². The molecule has 12 rings (SSSR count). The molecule has 0 unspecified atom stereocenters. The summed E-state index contributed by atoms with van der Waals surface area (Å²) in [4.78, 5) is 0. The van der Waals surface area contributed by atoms with Crippen LogP contribution < -0.4 is 0 Å². The number of para-hydroxylation sites is 3. The van der Waals surface area contributed by atoms with Crippen molar-refractivity contribution in [1.29, 1.82) is 15.8 Å². The van der Waals surface area contributed by atoms with Crippen LogP contribution >= 0.6 is 0 Å². The highest BCUT2D eigenvalue weighted by Crippen LogP contribution is 2.44. The van der Waals surface area contributed by atoms with E-state index >= 15 is 0 Å². The second kappa shape index (κ2) is 11.8. The third kappa shape index (κ3) is 4.29. The van der Waals surface area contributed by atoms with Crippen molar-refractivity contribution in [3.63, 3.8) is 0 Å². The van der Waals surface area contributed by atoms with Crippen LogP contribution in [0.15, 0.2) is 142 Å². The third-order valence-electron chi connectivity index (χ3n) is 11.9. The Morgan fingerprint density at radius 2 is 1.12 bits per heavy atom. The van der Waals surface area contributed by atoms with E-state index in [0.29, 0.717) is 28.0 Å². The van der Waals surface area contributed by atoms with Gasteiger partial charge in [0.1, 0.15) is 34.5 Å². The summed E-state index contributed by atoms with van der Waals surface area (Å²) in [6, 6.07) is 49.4. The van der Waals surface area contributed by atoms with Gasteiger partial charge in [-0.15, -0.1) is 0 Å². The lowest BCUT2D eigenvalue weighted by molar-refractivity contribution is 0.669. The Balaban J connectivity index is 1.12. The zero-order valence-electron chi connectivity index (χ0n) is 30.7. The molecule has 0 saturated heterocycles. The Bertz CT molecular complexity index is 3790. The number of furan rings is 2. The summed E-state index contributed by atoms with van der Waals surface area (Å²) in [5, 5.41) is 39.4. The number of hydrogen-bond donors (Lipinski definition) is 0. The Labute approximate surface area is 330 Å². The van der Waals surface area contributed by atoms with Gasteiger partial charge in [-0.2, -0.15) is 15.8 Å². The molecule has 7 heteroatoms. The van der Waals surface area contributed by atoms with E-state index < -0.39 is 0 Å². The number of nitriles is 3. The highest BCUT2D eigenvalue weighted by molar-refractivity contribution is 6.18. The van der Waals surface area contributed by atoms with Crippen molar-refractivity contribution in [1.82, 2.24) is 9.13 Å². The Morgan fingerprint density at radius 3 is 1.83 bits per heavy atom. The van der Waals surface area contributed by atoms with Crippen molar-refractivity contribution in [2.45, 2.75) is 12.8 Å². The zero-order valence-corrected chi connectivity index (χ0v) is 30.7. The SMILES string of the molecule is N#Cc1cc(-n2c3c(c4cc5c(cc42)oc2ccccc25)C=CCC3)ccc1-c1ccc(C#N)c(C#N)c1-n1c2ccccc2c2cc3c(cc21)oc1ccccc13. The van der Waals surface area contributed by atoms with Crippen molar-refractivity contribution in [2.24, 2.45) is 0 Å². The van der Waals surface area contributed by atoms with E-state index in [2.05, 4.69) is 82.0 Å². The monoisotopic (exact) mass is 741 g/mol. The van der Waals surface area contributed by atoms with Crippen molar-refractivity contribution in [2.75, 3.05) is 0 Å². The van der Waals surface area contributed by atoms with Crippen LogP contribution in [0.1, 0.15) is 34.4 Å². The van der Waals surface area contributed by atoms with Crippen molar-refractivity contribution in [3.05, 3.63) is 161 Å². The first-order chi connectivity index (χ1) is 28.6. The number of rotatable bonds is 3. The quantitative estimate of drug-likeness (QED) is 0.179. The molecular weight excluding hydrogens is 715 g/mol. The molecule has 58 heavy (non-hydrogen) atoms. The summed E-state index contributed by atoms with van der Waals surface area (Å²) in [7, 11) is 0. The minimum Gasteiger partial charge on any atom is -0.456 e. The average Bonchev–Trinajstić information content (AvgIpc) is 4.01. The van der Waals surface area contributed by atoms with Crippen LogP contribution in [0.25, 0.3) is 105 Å². The topological polar surface area (TPSA) is 108 Å². The minimum atomic E-state index is 0.229. The molecule has 0 atom stereocenters. The predicted molar refractivity (Wildman–Crippen MR) is 229 cm³/mol. The lowest BCUT2D eigenvalue weighted by Crippen LogP contribution is -2.05. The molecule has 0 radical (unpaired) electrons. The average molecular weight is 742 g/mol. The summed E-state index contributed by atoms with van der Waals surface area (Å²) in [5.74, 6) is 0. The normalized spacial score (nSPS) is 12.6. The van der Waals surface area contributed by atoms with Gasteiger partial charge in [-0.05, 0) is 61.4 Å². The standard InChI is InChI=1S/C51H27N5O2/c52-26-29-17-19-37(51(42(29)28-54)56-44-14-6-2-10-34(44)39-23-41-36-12-4-8-16-48(36)58-50(41)25-46(39)56)32-20-18-31(21-30(32)27-53)55-43-13-5-1-9-33(43)38-22-40-35-11-3-7-15-47(35)57-49(40)24-45(38)55/h1-4,6-12,14-25H,5,13H2. The van der Waals surface area contributed by atoms with Crippen LogP contribution in [0.2, 0.25) is 0 Å². The second-order valence-corrected chi connectivity index (χ2v) is 14.9. The molecule has 1 aliphatic carbocycles. The summed E-state index contributed by atoms with van der Waals surface area (Å²) < 4.78 is 17.0. The fourth-order valence-corrected chi connectivity index (χ4v) is 9.41. The first-order valence-corrected chi connectivity index (χ1v) is 19.2. The van der Waals surface area contributed by atoms with Gasteiger partial charge < -0.3 is 18.0 Å². The van der Waals surface area contributed by atoms with E-state index in [0.717, 1.165) is 89.5 Å². The smallest absolute Gasteiger partial charge is 0.137 e. The first kappa shape index (κ1) is 32.0. The molecule has 1 aliphatic rings. The summed E-state index contributed by atoms with van der Waals surface area (Å²) >= 11 is 0. The molecule has 7 aromatic carbocycles. The van der Waals surface area contributed by atoms with Gasteiger partial charge in [0.2, 0.25) is 0 Å². The number of fused-ring (bicyclic) bond motifs is 12. The summed E-state index contributed by atoms with van der Waals surface area (Å²) in [6.45, 7) is 0. The fourth-order valence-electron chi connectivity index (χ4n) is 9.41. The third-order valence-corrected chi connectivity index (χ3v) is 11.9. The molecule has 0 fully saturated rings. The van der Waals surface area contributed by atoms with Gasteiger partial charge in [0, 0.05) is 77.9 Å². The van der Waals surface area contributed by atoms with Crippen molar-refractivity contribution in [3.8, 4) is 40.7 Å². The maximum absolute atomic E-state index is 10.9. The molecule has 0 amide bonds.